The second-order valence-corrected chi connectivity index (χ2v) is 2.89. The van der Waals surface area contributed by atoms with E-state index in [0.717, 1.165) is 11.8 Å². The average Bonchev–Trinajstić information content (AvgIpc) is 1.87. The smallest absolute Gasteiger partial charge is 0.0358 e. The molecule has 2 unspecified atom stereocenters. The zero-order chi connectivity index (χ0) is 7.28. The van der Waals surface area contributed by atoms with Gasteiger partial charge in [0.2, 0.25) is 0 Å². The summed E-state index contributed by atoms with van der Waals surface area (Å²) in [5, 5.41) is 0. The second-order valence-electron chi connectivity index (χ2n) is 2.89. The quantitative estimate of drug-likeness (QED) is 0.543. The van der Waals surface area contributed by atoms with Crippen molar-refractivity contribution in [2.24, 2.45) is 11.8 Å². The Hall–Kier alpha value is 0. The van der Waals surface area contributed by atoms with Crippen LogP contribution in [0.2, 0.25) is 0 Å². The lowest BCUT2D eigenvalue weighted by Crippen LogP contribution is -2.06. The zero-order valence-corrected chi connectivity index (χ0v) is 7.15. The molecule has 0 aromatic rings. The number of hydrogen-bond acceptors (Lipinski definition) is 0. The van der Waals surface area contributed by atoms with Gasteiger partial charge in [0.1, 0.15) is 0 Å². The van der Waals surface area contributed by atoms with Crippen molar-refractivity contribution < 1.29 is 0 Å². The minimum absolute atomic E-state index is 0.806. The summed E-state index contributed by atoms with van der Waals surface area (Å²) >= 11 is 0. The first-order chi connectivity index (χ1) is 4.22. The first-order valence-corrected chi connectivity index (χ1v) is 4.05. The summed E-state index contributed by atoms with van der Waals surface area (Å²) in [5.41, 5.74) is 0. The number of rotatable bonds is 4. The maximum Gasteiger partial charge on any atom is -0.0358 e. The van der Waals surface area contributed by atoms with Crippen LogP contribution in [0.4, 0.5) is 0 Å². The van der Waals surface area contributed by atoms with Crippen LogP contribution in [0.15, 0.2) is 0 Å². The molecular weight excluding hydrogens is 108 g/mol. The molecule has 0 nitrogen and oxygen atoms in total. The molecule has 1 radical (unpaired) electrons. The van der Waals surface area contributed by atoms with Gasteiger partial charge in [0.05, 0.1) is 0 Å². The van der Waals surface area contributed by atoms with Gasteiger partial charge in [-0.15, -0.1) is 0 Å². The van der Waals surface area contributed by atoms with Crippen LogP contribution < -0.4 is 0 Å². The summed E-state index contributed by atoms with van der Waals surface area (Å²) < 4.78 is 0. The van der Waals surface area contributed by atoms with Gasteiger partial charge in [-0.2, -0.15) is 0 Å². The van der Waals surface area contributed by atoms with Crippen LogP contribution in [0.3, 0.4) is 0 Å². The van der Waals surface area contributed by atoms with Crippen molar-refractivity contribution in [3.8, 4) is 0 Å². The van der Waals surface area contributed by atoms with Crippen LogP contribution in [0, 0.1) is 18.3 Å². The fourth-order valence-electron chi connectivity index (χ4n) is 0.976. The van der Waals surface area contributed by atoms with E-state index in [2.05, 4.69) is 34.1 Å². The van der Waals surface area contributed by atoms with Gasteiger partial charge in [-0.25, -0.2) is 0 Å². The molecule has 0 saturated heterocycles. The van der Waals surface area contributed by atoms with E-state index in [0.29, 0.717) is 0 Å². The molecule has 0 amide bonds. The molecule has 0 fully saturated rings. The molecule has 55 valence electrons. The molecule has 0 aromatic carbocycles. The Kier molecular flexibility index (Phi) is 4.84. The predicted molar refractivity (Wildman–Crippen MR) is 43.2 cm³/mol. The van der Waals surface area contributed by atoms with Gasteiger partial charge >= 0.3 is 0 Å². The highest BCUT2D eigenvalue weighted by Crippen LogP contribution is 2.17. The zero-order valence-electron chi connectivity index (χ0n) is 7.15. The summed E-state index contributed by atoms with van der Waals surface area (Å²) in [4.78, 5) is 0. The fraction of sp³-hybridized carbons (Fsp3) is 0.889. The monoisotopic (exact) mass is 127 g/mol. The van der Waals surface area contributed by atoms with Gasteiger partial charge in [0.25, 0.3) is 0 Å². The average molecular weight is 127 g/mol. The third kappa shape index (κ3) is 3.56. The molecule has 0 heterocycles. The summed E-state index contributed by atoms with van der Waals surface area (Å²) in [6.45, 7) is 9.08. The SMILES string of the molecule is CC[CH]C(C)C(C)CC. The van der Waals surface area contributed by atoms with Gasteiger partial charge in [0.15, 0.2) is 0 Å². The van der Waals surface area contributed by atoms with Crippen LogP contribution in [0.1, 0.15) is 40.5 Å². The van der Waals surface area contributed by atoms with Crippen molar-refractivity contribution in [2.45, 2.75) is 40.5 Å². The fourth-order valence-corrected chi connectivity index (χ4v) is 0.976. The van der Waals surface area contributed by atoms with Crippen molar-refractivity contribution >= 4 is 0 Å². The van der Waals surface area contributed by atoms with Crippen LogP contribution in [-0.4, -0.2) is 0 Å². The normalized spacial score (nSPS) is 17.3. The molecule has 0 bridgehead atoms. The summed E-state index contributed by atoms with van der Waals surface area (Å²) in [6.07, 6.45) is 4.91. The maximum absolute atomic E-state index is 2.40. The van der Waals surface area contributed by atoms with Crippen molar-refractivity contribution in [3.05, 3.63) is 6.42 Å². The van der Waals surface area contributed by atoms with Crippen molar-refractivity contribution in [2.75, 3.05) is 0 Å². The van der Waals surface area contributed by atoms with Gasteiger partial charge in [-0.05, 0) is 18.3 Å². The summed E-state index contributed by atoms with van der Waals surface area (Å²) in [6, 6.07) is 0. The third-order valence-electron chi connectivity index (χ3n) is 2.15. The van der Waals surface area contributed by atoms with E-state index < -0.39 is 0 Å². The Morgan fingerprint density at radius 3 is 2.11 bits per heavy atom. The molecule has 0 rings (SSSR count). The molecule has 0 N–H and O–H groups in total. The van der Waals surface area contributed by atoms with Crippen LogP contribution >= 0.6 is 0 Å². The summed E-state index contributed by atoms with van der Waals surface area (Å²) in [5.74, 6) is 1.67. The van der Waals surface area contributed by atoms with Crippen molar-refractivity contribution in [3.63, 3.8) is 0 Å². The topological polar surface area (TPSA) is 0 Å². The van der Waals surface area contributed by atoms with Crippen molar-refractivity contribution in [1.82, 2.24) is 0 Å². The van der Waals surface area contributed by atoms with E-state index in [1.165, 1.54) is 12.8 Å². The lowest BCUT2D eigenvalue weighted by Gasteiger charge is -2.16. The Labute approximate surface area is 59.7 Å². The lowest BCUT2D eigenvalue weighted by atomic mass is 9.90. The minimum atomic E-state index is 0.806. The standard InChI is InChI=1S/C9H19/c1-5-7-9(4)8(3)6-2/h7-9H,5-6H2,1-4H3. The molecule has 0 spiro atoms. The Morgan fingerprint density at radius 1 is 1.22 bits per heavy atom. The van der Waals surface area contributed by atoms with E-state index in [1.807, 2.05) is 0 Å². The van der Waals surface area contributed by atoms with E-state index in [9.17, 15) is 0 Å². The number of hydrogen-bond donors (Lipinski definition) is 0. The largest absolute Gasteiger partial charge is 0.0651 e. The molecule has 2 atom stereocenters. The Bertz CT molecular complexity index is 57.1. The first-order valence-electron chi connectivity index (χ1n) is 4.05. The lowest BCUT2D eigenvalue weighted by molar-refractivity contribution is 0.415. The van der Waals surface area contributed by atoms with E-state index in [1.54, 1.807) is 0 Å². The summed E-state index contributed by atoms with van der Waals surface area (Å²) in [7, 11) is 0. The van der Waals surface area contributed by atoms with Gasteiger partial charge in [-0.1, -0.05) is 40.5 Å². The van der Waals surface area contributed by atoms with E-state index in [-0.39, 0.29) is 0 Å². The second kappa shape index (κ2) is 4.84. The van der Waals surface area contributed by atoms with Crippen LogP contribution in [0.5, 0.6) is 0 Å². The molecule has 9 heavy (non-hydrogen) atoms. The molecule has 0 aliphatic rings. The highest BCUT2D eigenvalue weighted by Gasteiger charge is 2.07. The minimum Gasteiger partial charge on any atom is -0.0651 e. The molecule has 0 saturated carbocycles. The highest BCUT2D eigenvalue weighted by atomic mass is 14.1. The van der Waals surface area contributed by atoms with Gasteiger partial charge in [-0.3, -0.25) is 0 Å². The predicted octanol–water partition coefficient (Wildman–Crippen LogP) is 3.28. The molecule has 0 aliphatic carbocycles. The van der Waals surface area contributed by atoms with Gasteiger partial charge < -0.3 is 0 Å². The van der Waals surface area contributed by atoms with Crippen molar-refractivity contribution in [1.29, 1.82) is 0 Å². The Balaban J connectivity index is 3.32. The molecular formula is C9H19. The first kappa shape index (κ1) is 9.00. The molecule has 0 heteroatoms. The third-order valence-corrected chi connectivity index (χ3v) is 2.15. The molecule has 0 aliphatic heterocycles. The molecule has 0 aromatic heterocycles. The Morgan fingerprint density at radius 2 is 1.78 bits per heavy atom. The maximum atomic E-state index is 2.40. The van der Waals surface area contributed by atoms with E-state index in [4.69, 9.17) is 0 Å². The van der Waals surface area contributed by atoms with Crippen LogP contribution in [0.25, 0.3) is 0 Å². The van der Waals surface area contributed by atoms with Crippen LogP contribution in [-0.2, 0) is 0 Å². The highest BCUT2D eigenvalue weighted by molar-refractivity contribution is 4.74. The van der Waals surface area contributed by atoms with Gasteiger partial charge in [0, 0.05) is 0 Å². The van der Waals surface area contributed by atoms with E-state index >= 15 is 0 Å².